The molecule has 2 rings (SSSR count). The van der Waals surface area contributed by atoms with Crippen molar-refractivity contribution in [2.45, 2.75) is 26.9 Å². The molecule has 0 bridgehead atoms. The summed E-state index contributed by atoms with van der Waals surface area (Å²) in [6, 6.07) is 8.41. The normalized spacial score (nSPS) is 11.2. The van der Waals surface area contributed by atoms with Crippen LogP contribution < -0.4 is 10.6 Å². The predicted molar refractivity (Wildman–Crippen MR) is 84.7 cm³/mol. The van der Waals surface area contributed by atoms with Crippen molar-refractivity contribution in [2.75, 3.05) is 10.6 Å². The lowest BCUT2D eigenvalue weighted by Gasteiger charge is -2.14. The number of benzene rings is 2. The number of amides is 2. The Morgan fingerprint density at radius 2 is 1.57 bits per heavy atom. The molecule has 2 amide bonds. The second-order valence-corrected chi connectivity index (χ2v) is 5.43. The lowest BCUT2D eigenvalue weighted by atomic mass is 10.1. The molecule has 2 N–H and O–H groups in total. The topological polar surface area (TPSA) is 41.1 Å². The van der Waals surface area contributed by atoms with Crippen molar-refractivity contribution in [3.05, 3.63) is 58.7 Å². The van der Waals surface area contributed by atoms with Crippen molar-refractivity contribution in [3.63, 3.8) is 0 Å². The fraction of sp³-hybridized carbons (Fsp3) is 0.235. The summed E-state index contributed by atoms with van der Waals surface area (Å²) in [7, 11) is 0. The van der Waals surface area contributed by atoms with Crippen LogP contribution in [0.15, 0.2) is 36.4 Å². The Bertz CT molecular complexity index is 719. The highest BCUT2D eigenvalue weighted by molar-refractivity contribution is 6.00. The van der Waals surface area contributed by atoms with Crippen LogP contribution in [0, 0.1) is 20.8 Å². The third-order valence-electron chi connectivity index (χ3n) is 3.38. The van der Waals surface area contributed by atoms with E-state index < -0.39 is 17.8 Å². The third-order valence-corrected chi connectivity index (χ3v) is 3.38. The number of carbonyl (C=O) groups excluding carboxylic acids is 1. The molecule has 0 saturated heterocycles. The molecule has 122 valence electrons. The van der Waals surface area contributed by atoms with Crippen LogP contribution in [0.1, 0.15) is 22.3 Å². The van der Waals surface area contributed by atoms with Gasteiger partial charge < -0.3 is 10.6 Å². The van der Waals surface area contributed by atoms with E-state index in [4.69, 9.17) is 0 Å². The van der Waals surface area contributed by atoms with Gasteiger partial charge in [0, 0.05) is 11.4 Å². The molecule has 0 saturated carbocycles. The molecule has 3 nitrogen and oxygen atoms in total. The summed E-state index contributed by atoms with van der Waals surface area (Å²) in [5.74, 6) is 0. The van der Waals surface area contributed by atoms with Gasteiger partial charge in [0.15, 0.2) is 0 Å². The van der Waals surface area contributed by atoms with Gasteiger partial charge in [-0.05, 0) is 55.7 Å². The maximum absolute atomic E-state index is 12.8. The average Bonchev–Trinajstić information content (AvgIpc) is 2.41. The molecule has 0 unspecified atom stereocenters. The molecular weight excluding hydrogens is 305 g/mol. The number of rotatable bonds is 2. The van der Waals surface area contributed by atoms with Gasteiger partial charge in [0.25, 0.3) is 0 Å². The first kappa shape index (κ1) is 16.9. The zero-order chi connectivity index (χ0) is 17.2. The smallest absolute Gasteiger partial charge is 0.308 e. The Balaban J connectivity index is 2.19. The monoisotopic (exact) mass is 322 g/mol. The second-order valence-electron chi connectivity index (χ2n) is 5.43. The van der Waals surface area contributed by atoms with Crippen LogP contribution in [-0.4, -0.2) is 6.03 Å². The average molecular weight is 322 g/mol. The predicted octanol–water partition coefficient (Wildman–Crippen LogP) is 5.27. The molecule has 0 aliphatic rings. The van der Waals surface area contributed by atoms with E-state index in [1.54, 1.807) is 6.92 Å². The highest BCUT2D eigenvalue weighted by atomic mass is 19.4. The number of anilines is 2. The molecule has 6 heteroatoms. The molecule has 0 fully saturated rings. The summed E-state index contributed by atoms with van der Waals surface area (Å²) >= 11 is 0. The summed E-state index contributed by atoms with van der Waals surface area (Å²) in [4.78, 5) is 12.1. The maximum Gasteiger partial charge on any atom is 0.416 e. The van der Waals surface area contributed by atoms with Gasteiger partial charge in [0.05, 0.1) is 5.56 Å². The van der Waals surface area contributed by atoms with Gasteiger partial charge in [-0.3, -0.25) is 0 Å². The number of nitrogens with one attached hydrogen (secondary N) is 2. The van der Waals surface area contributed by atoms with Crippen molar-refractivity contribution in [1.82, 2.24) is 0 Å². The Morgan fingerprint density at radius 3 is 2.13 bits per heavy atom. The first-order valence-corrected chi connectivity index (χ1v) is 7.00. The minimum absolute atomic E-state index is 0.0982. The maximum atomic E-state index is 12.8. The van der Waals surface area contributed by atoms with Crippen LogP contribution in [-0.2, 0) is 6.18 Å². The molecule has 2 aromatic rings. The SMILES string of the molecule is Cc1cc(NC(=O)Nc2c(C)cccc2C)cc(C(F)(F)F)c1. The lowest BCUT2D eigenvalue weighted by molar-refractivity contribution is -0.137. The number of carbonyl (C=O) groups is 1. The molecule has 0 heterocycles. The van der Waals surface area contributed by atoms with Crippen molar-refractivity contribution in [1.29, 1.82) is 0 Å². The van der Waals surface area contributed by atoms with E-state index in [2.05, 4.69) is 10.6 Å². The van der Waals surface area contributed by atoms with Crippen LogP contribution in [0.5, 0.6) is 0 Å². The van der Waals surface area contributed by atoms with Crippen LogP contribution in [0.25, 0.3) is 0 Å². The zero-order valence-electron chi connectivity index (χ0n) is 13.0. The molecule has 0 aliphatic heterocycles. The van der Waals surface area contributed by atoms with E-state index in [0.717, 1.165) is 23.3 Å². The first-order chi connectivity index (χ1) is 10.7. The lowest BCUT2D eigenvalue weighted by Crippen LogP contribution is -2.21. The largest absolute Gasteiger partial charge is 0.416 e. The van der Waals surface area contributed by atoms with Crippen molar-refractivity contribution >= 4 is 17.4 Å². The summed E-state index contributed by atoms with van der Waals surface area (Å²) in [6.07, 6.45) is -4.45. The van der Waals surface area contributed by atoms with Gasteiger partial charge in [-0.2, -0.15) is 13.2 Å². The number of aryl methyl sites for hydroxylation is 3. The quantitative estimate of drug-likeness (QED) is 0.776. The van der Waals surface area contributed by atoms with E-state index in [1.807, 2.05) is 32.0 Å². The van der Waals surface area contributed by atoms with Crippen LogP contribution in [0.4, 0.5) is 29.3 Å². The first-order valence-electron chi connectivity index (χ1n) is 7.00. The Morgan fingerprint density at radius 1 is 0.957 bits per heavy atom. The van der Waals surface area contributed by atoms with E-state index in [1.165, 1.54) is 6.07 Å². The fourth-order valence-electron chi connectivity index (χ4n) is 2.31. The molecular formula is C17H17F3N2O. The van der Waals surface area contributed by atoms with Crippen molar-refractivity contribution in [2.24, 2.45) is 0 Å². The number of hydrogen-bond donors (Lipinski definition) is 2. The van der Waals surface area contributed by atoms with E-state index >= 15 is 0 Å². The Hall–Kier alpha value is -2.50. The van der Waals surface area contributed by atoms with Crippen LogP contribution in [0.3, 0.4) is 0 Å². The minimum Gasteiger partial charge on any atom is -0.308 e. The van der Waals surface area contributed by atoms with Gasteiger partial charge in [0.1, 0.15) is 0 Å². The van der Waals surface area contributed by atoms with E-state index in [0.29, 0.717) is 11.3 Å². The van der Waals surface area contributed by atoms with Gasteiger partial charge in [-0.1, -0.05) is 18.2 Å². The highest BCUT2D eigenvalue weighted by Gasteiger charge is 2.31. The van der Waals surface area contributed by atoms with Crippen LogP contribution in [0.2, 0.25) is 0 Å². The molecule has 0 spiro atoms. The number of urea groups is 1. The summed E-state index contributed by atoms with van der Waals surface area (Å²) in [5.41, 5.74) is 2.12. The molecule has 2 aromatic carbocycles. The third kappa shape index (κ3) is 4.25. The zero-order valence-corrected chi connectivity index (χ0v) is 13.0. The molecule has 23 heavy (non-hydrogen) atoms. The van der Waals surface area contributed by atoms with E-state index in [-0.39, 0.29) is 5.69 Å². The van der Waals surface area contributed by atoms with Gasteiger partial charge in [0.2, 0.25) is 0 Å². The molecule has 0 atom stereocenters. The molecule has 0 radical (unpaired) electrons. The standard InChI is InChI=1S/C17H17F3N2O/c1-10-7-13(17(18,19)20)9-14(8-10)21-16(23)22-15-11(2)5-4-6-12(15)3/h4-9H,1-3H3,(H2,21,22,23). The summed E-state index contributed by atoms with van der Waals surface area (Å²) < 4.78 is 38.4. The van der Waals surface area contributed by atoms with E-state index in [9.17, 15) is 18.0 Å². The van der Waals surface area contributed by atoms with Gasteiger partial charge in [-0.15, -0.1) is 0 Å². The number of para-hydroxylation sites is 1. The summed E-state index contributed by atoms with van der Waals surface area (Å²) in [6.45, 7) is 5.23. The highest BCUT2D eigenvalue weighted by Crippen LogP contribution is 2.32. The summed E-state index contributed by atoms with van der Waals surface area (Å²) in [5, 5.41) is 5.12. The van der Waals surface area contributed by atoms with Crippen molar-refractivity contribution in [3.8, 4) is 0 Å². The van der Waals surface area contributed by atoms with Crippen LogP contribution >= 0.6 is 0 Å². The number of hydrogen-bond acceptors (Lipinski definition) is 1. The number of alkyl halides is 3. The molecule has 0 aromatic heterocycles. The molecule has 0 aliphatic carbocycles. The Labute approximate surface area is 132 Å². The van der Waals surface area contributed by atoms with Crippen molar-refractivity contribution < 1.29 is 18.0 Å². The van der Waals surface area contributed by atoms with Gasteiger partial charge in [-0.25, -0.2) is 4.79 Å². The second kappa shape index (κ2) is 6.32. The minimum atomic E-state index is -4.45. The van der Waals surface area contributed by atoms with Gasteiger partial charge >= 0.3 is 12.2 Å². The number of halogens is 3. The fourth-order valence-corrected chi connectivity index (χ4v) is 2.31. The Kier molecular flexibility index (Phi) is 4.63.